The Morgan fingerprint density at radius 1 is 0.528 bits per heavy atom. The molecule has 0 bridgehead atoms. The van der Waals surface area contributed by atoms with Gasteiger partial charge >= 0.3 is 38.8 Å². The van der Waals surface area contributed by atoms with E-state index < -0.39 is 7.81 Å². The molecule has 36 heavy (non-hydrogen) atoms. The van der Waals surface area contributed by atoms with Gasteiger partial charge in [0.2, 0.25) is 0 Å². The summed E-state index contributed by atoms with van der Waals surface area (Å²) >= 11 is 3.50. The van der Waals surface area contributed by atoms with Crippen molar-refractivity contribution >= 4 is 37.1 Å². The van der Waals surface area contributed by atoms with E-state index in [0.29, 0.717) is 5.78 Å². The van der Waals surface area contributed by atoms with Crippen molar-refractivity contribution < 1.29 is 30.0 Å². The Morgan fingerprint density at radius 2 is 0.833 bits per heavy atom. The second kappa shape index (κ2) is 10.3. The van der Waals surface area contributed by atoms with Crippen LogP contribution in [0.15, 0.2) is 123 Å². The first kappa shape index (κ1) is 27.8. The molecule has 0 aromatic heterocycles. The standard InChI is InChI=1S/C26H20OS2.F6P/c1-19(27)20-7-13-24(14-8-20)29-26-17-11-22(12-18-26)21-9-15-25(16-10-21)28-23-5-3-2-4-6-23;1-7(2,3,4,5)6/h2-18H,1H3;/q;-1/p+1. The van der Waals surface area contributed by atoms with Gasteiger partial charge < -0.3 is 0 Å². The van der Waals surface area contributed by atoms with Gasteiger partial charge in [-0.25, -0.2) is 0 Å². The van der Waals surface area contributed by atoms with Gasteiger partial charge in [0.25, 0.3) is 0 Å². The van der Waals surface area contributed by atoms with E-state index in [1.54, 1.807) is 30.4 Å². The summed E-state index contributed by atoms with van der Waals surface area (Å²) in [5.74, 6) is 0.346. The average molecular weight is 559 g/mol. The third kappa shape index (κ3) is 10.9. The molecular weight excluding hydrogens is 537 g/mol. The van der Waals surface area contributed by atoms with Crippen LogP contribution in [-0.4, -0.2) is 10.6 Å². The van der Waals surface area contributed by atoms with Gasteiger partial charge in [-0.15, -0.1) is 0 Å². The summed E-state index contributed by atoms with van der Waals surface area (Å²) in [5, 5.41) is 0. The minimum absolute atomic E-state index is 0.346. The predicted molar refractivity (Wildman–Crippen MR) is 138 cm³/mol. The second-order valence-corrected chi connectivity index (χ2v) is 11.8. The molecule has 0 aliphatic rings. The van der Waals surface area contributed by atoms with Gasteiger partial charge in [0.1, 0.15) is 0 Å². The Kier molecular flexibility index (Phi) is 7.98. The Hall–Kier alpha value is -2.74. The van der Waals surface area contributed by atoms with Crippen molar-refractivity contribution in [3.05, 3.63) is 109 Å². The fourth-order valence-corrected chi connectivity index (χ4v) is 4.61. The number of hydrogen-bond acceptors (Lipinski definition) is 2. The molecule has 10 heteroatoms. The van der Waals surface area contributed by atoms with Gasteiger partial charge in [0.05, 0.1) is 12.5 Å². The van der Waals surface area contributed by atoms with Gasteiger partial charge in [0.15, 0.2) is 0 Å². The maximum atomic E-state index is 9.87. The van der Waals surface area contributed by atoms with Crippen LogP contribution in [0.4, 0.5) is 25.2 Å². The monoisotopic (exact) mass is 558 g/mol. The molecule has 0 saturated heterocycles. The summed E-state index contributed by atoms with van der Waals surface area (Å²) in [4.78, 5) is 14.4. The van der Waals surface area contributed by atoms with Crippen LogP contribution in [0.25, 0.3) is 11.1 Å². The molecule has 1 N–H and O–H groups in total. The van der Waals surface area contributed by atoms with Gasteiger partial charge in [-0.2, -0.15) is 0 Å². The van der Waals surface area contributed by atoms with Crippen LogP contribution in [0.1, 0.15) is 12.5 Å². The van der Waals surface area contributed by atoms with Crippen molar-refractivity contribution in [2.24, 2.45) is 0 Å². The molecule has 0 aliphatic carbocycles. The van der Waals surface area contributed by atoms with Crippen molar-refractivity contribution in [3.63, 3.8) is 0 Å². The Morgan fingerprint density at radius 3 is 1.17 bits per heavy atom. The molecule has 0 radical (unpaired) electrons. The van der Waals surface area contributed by atoms with Gasteiger partial charge in [0, 0.05) is 19.6 Å². The molecule has 190 valence electrons. The molecule has 4 aromatic carbocycles. The van der Waals surface area contributed by atoms with Crippen molar-refractivity contribution in [1.29, 1.82) is 0 Å². The zero-order valence-electron chi connectivity index (χ0n) is 18.8. The van der Waals surface area contributed by atoms with Crippen LogP contribution in [-0.2, 0) is 0 Å². The summed E-state index contributed by atoms with van der Waals surface area (Å²) in [5.41, 5.74) is 3.29. The number of benzene rings is 4. The van der Waals surface area contributed by atoms with Crippen molar-refractivity contribution in [2.75, 3.05) is 0 Å². The molecule has 0 heterocycles. The van der Waals surface area contributed by atoms with E-state index in [4.69, 9.17) is 0 Å². The van der Waals surface area contributed by atoms with Gasteiger partial charge in [-0.05, 0) is 71.8 Å². The summed E-state index contributed by atoms with van der Waals surface area (Å²) in [7, 11) is -10.7. The topological polar surface area (TPSA) is 21.4 Å². The minimum atomic E-state index is -10.7. The summed E-state index contributed by atoms with van der Waals surface area (Å²) in [6.45, 7) is 1.70. The Bertz CT molecular complexity index is 1300. The van der Waals surface area contributed by atoms with Crippen molar-refractivity contribution in [1.82, 2.24) is 0 Å². The SMILES string of the molecule is CC(=[OH+])c1ccc(Sc2ccc(-c3ccc(Sc4ccccc4)cc3)cc2)cc1.F[P-](F)(F)(F)(F)F. The van der Waals surface area contributed by atoms with Crippen LogP contribution < -0.4 is 0 Å². The molecule has 0 atom stereocenters. The van der Waals surface area contributed by atoms with E-state index in [-0.39, 0.29) is 0 Å². The zero-order valence-corrected chi connectivity index (χ0v) is 21.3. The van der Waals surface area contributed by atoms with Crippen LogP contribution in [0.3, 0.4) is 0 Å². The molecule has 4 rings (SSSR count). The molecule has 0 aliphatic heterocycles. The van der Waals surface area contributed by atoms with E-state index in [2.05, 4.69) is 72.8 Å². The van der Waals surface area contributed by atoms with E-state index in [1.165, 1.54) is 25.8 Å². The summed E-state index contributed by atoms with van der Waals surface area (Å²) in [6.07, 6.45) is 0. The van der Waals surface area contributed by atoms with E-state index in [0.717, 1.165) is 10.5 Å². The summed E-state index contributed by atoms with van der Waals surface area (Å²) < 4.78 is 59.2. The van der Waals surface area contributed by atoms with Crippen molar-refractivity contribution in [2.45, 2.75) is 26.5 Å². The van der Waals surface area contributed by atoms with Crippen LogP contribution in [0, 0.1) is 0 Å². The Balaban J connectivity index is 0.000000454. The van der Waals surface area contributed by atoms with Crippen LogP contribution in [0.5, 0.6) is 0 Å². The molecule has 0 fully saturated rings. The maximum absolute atomic E-state index is 10.7. The number of carbonyl (C=O) groups excluding carboxylic acids is 1. The van der Waals surface area contributed by atoms with Crippen molar-refractivity contribution in [3.8, 4) is 11.1 Å². The zero-order chi connectivity index (χ0) is 26.5. The van der Waals surface area contributed by atoms with E-state index >= 15 is 0 Å². The second-order valence-electron chi connectivity index (χ2n) is 7.63. The predicted octanol–water partition coefficient (Wildman–Crippen LogP) is 11.0. The molecule has 0 saturated carbocycles. The van der Waals surface area contributed by atoms with Gasteiger partial charge in [-0.1, -0.05) is 66.0 Å². The molecule has 0 amide bonds. The van der Waals surface area contributed by atoms with E-state index in [1.807, 2.05) is 30.3 Å². The van der Waals surface area contributed by atoms with Gasteiger partial charge in [-0.3, -0.25) is 4.79 Å². The quantitative estimate of drug-likeness (QED) is 0.102. The fraction of sp³-hybridized carbons (Fsp3) is 0.0385. The normalized spacial score (nSPS) is 13.1. The molecule has 0 unspecified atom stereocenters. The first-order valence-corrected chi connectivity index (χ1v) is 14.1. The molecule has 0 spiro atoms. The number of halogens is 6. The first-order valence-electron chi connectivity index (χ1n) is 10.4. The first-order chi connectivity index (χ1) is 16.6. The summed E-state index contributed by atoms with van der Waals surface area (Å²) in [6, 6.07) is 35.8. The van der Waals surface area contributed by atoms with Crippen LogP contribution >= 0.6 is 31.3 Å². The third-order valence-corrected chi connectivity index (χ3v) is 6.56. The van der Waals surface area contributed by atoms with E-state index in [9.17, 15) is 30.0 Å². The number of ketones is 1. The number of rotatable bonds is 6. The number of hydrogen-bond donors (Lipinski definition) is 0. The molecule has 1 nitrogen and oxygen atoms in total. The third-order valence-electron chi connectivity index (χ3n) is 4.53. The van der Waals surface area contributed by atoms with Crippen LogP contribution in [0.2, 0.25) is 0 Å². The molecular formula is C26H21F6OPS2. The average Bonchev–Trinajstić information content (AvgIpc) is 2.79. The molecule has 4 aromatic rings. The Labute approximate surface area is 213 Å². The fourth-order valence-electron chi connectivity index (χ4n) is 2.96.